The summed E-state index contributed by atoms with van der Waals surface area (Å²) in [5.41, 5.74) is 25.9. The average Bonchev–Trinajstić information content (AvgIpc) is 1.60. The molecule has 0 fully saturated rings. The Labute approximate surface area is 523 Å². The van der Waals surface area contributed by atoms with Gasteiger partial charge in [-0.1, -0.05) is 248 Å². The van der Waals surface area contributed by atoms with Crippen LogP contribution in [0.2, 0.25) is 0 Å². The third-order valence-electron chi connectivity index (χ3n) is 19.8. The Morgan fingerprint density at radius 1 is 0.318 bits per heavy atom. The molecule has 3 heterocycles. The number of hydrogen-bond donors (Lipinski definition) is 0. The zero-order valence-electron chi connectivity index (χ0n) is 51.6. The normalized spacial score (nSPS) is 12.8. The number of hydrogen-bond acceptors (Lipinski definition) is 1. The molecule has 0 N–H and O–H groups in total. The Morgan fingerprint density at radius 2 is 0.807 bits per heavy atom. The number of aryl methyl sites for hydroxylation is 2. The van der Waals surface area contributed by atoms with E-state index in [9.17, 15) is 0 Å². The molecule has 0 atom stereocenters. The van der Waals surface area contributed by atoms with E-state index in [1.165, 1.54) is 237 Å². The van der Waals surface area contributed by atoms with E-state index in [0.717, 1.165) is 0 Å². The van der Waals surface area contributed by atoms with E-state index >= 15 is 0 Å². The lowest BCUT2D eigenvalue weighted by Crippen LogP contribution is -2.25. The van der Waals surface area contributed by atoms with Crippen molar-refractivity contribution in [3.63, 3.8) is 0 Å². The molecular formula is C85H78N2S. The van der Waals surface area contributed by atoms with Gasteiger partial charge in [-0.3, -0.25) is 0 Å². The zero-order chi connectivity index (χ0) is 59.3. The highest BCUT2D eigenvalue weighted by atomic mass is 32.1. The minimum atomic E-state index is -0.0790. The molecule has 88 heavy (non-hydrogen) atoms. The Morgan fingerprint density at radius 3 is 1.48 bits per heavy atom. The Hall–Kier alpha value is -8.76. The molecule has 3 aromatic heterocycles. The molecule has 0 spiro atoms. The highest BCUT2D eigenvalue weighted by Gasteiger charge is 2.43. The van der Waals surface area contributed by atoms with Crippen LogP contribution in [0.25, 0.3) is 131 Å². The van der Waals surface area contributed by atoms with Crippen molar-refractivity contribution in [1.29, 1.82) is 0 Å². The van der Waals surface area contributed by atoms with Gasteiger partial charge in [-0.05, 0) is 178 Å². The summed E-state index contributed by atoms with van der Waals surface area (Å²) >= 11 is 1.93. The van der Waals surface area contributed by atoms with E-state index in [1.54, 1.807) is 5.56 Å². The van der Waals surface area contributed by atoms with E-state index in [-0.39, 0.29) is 5.41 Å². The molecule has 0 radical (unpaired) electrons. The number of aromatic nitrogens is 2. The van der Waals surface area contributed by atoms with E-state index in [1.807, 2.05) is 11.3 Å². The molecule has 11 aromatic carbocycles. The molecule has 0 unspecified atom stereocenters. The monoisotopic (exact) mass is 1160 g/mol. The smallest absolute Gasteiger partial charge is 0.0555 e. The Balaban J connectivity index is 0.859. The fourth-order valence-corrected chi connectivity index (χ4v) is 16.6. The third kappa shape index (κ3) is 9.97. The van der Waals surface area contributed by atoms with Crippen molar-refractivity contribution in [2.75, 3.05) is 0 Å². The number of nitrogens with zero attached hydrogens (tertiary/aromatic N) is 2. The van der Waals surface area contributed by atoms with Gasteiger partial charge in [-0.15, -0.1) is 11.3 Å². The number of para-hydroxylation sites is 2. The van der Waals surface area contributed by atoms with Gasteiger partial charge in [0.25, 0.3) is 0 Å². The van der Waals surface area contributed by atoms with E-state index < -0.39 is 0 Å². The fraction of sp³-hybridized carbons (Fsp3) is 0.224. The molecule has 1 aliphatic carbocycles. The van der Waals surface area contributed by atoms with Crippen molar-refractivity contribution < 1.29 is 0 Å². The number of benzene rings is 11. The van der Waals surface area contributed by atoms with Gasteiger partial charge in [0.15, 0.2) is 0 Å². The molecule has 3 heteroatoms. The zero-order valence-corrected chi connectivity index (χ0v) is 52.5. The third-order valence-corrected chi connectivity index (χ3v) is 21.0. The molecule has 2 nitrogen and oxygen atoms in total. The summed E-state index contributed by atoms with van der Waals surface area (Å²) in [6.45, 7) is 9.13. The number of thiophene rings is 1. The van der Waals surface area contributed by atoms with Crippen molar-refractivity contribution in [2.45, 2.75) is 123 Å². The molecule has 15 rings (SSSR count). The first-order valence-electron chi connectivity index (χ1n) is 32.9. The fourth-order valence-electron chi connectivity index (χ4n) is 15.3. The van der Waals surface area contributed by atoms with Gasteiger partial charge in [-0.2, -0.15) is 0 Å². The number of fused-ring (bicyclic) bond motifs is 13. The second-order valence-corrected chi connectivity index (χ2v) is 26.6. The molecule has 0 amide bonds. The molecule has 434 valence electrons. The highest BCUT2D eigenvalue weighted by Crippen LogP contribution is 2.56. The lowest BCUT2D eigenvalue weighted by Gasteiger charge is -2.33. The van der Waals surface area contributed by atoms with Gasteiger partial charge < -0.3 is 9.13 Å². The van der Waals surface area contributed by atoms with Gasteiger partial charge in [0.05, 0.1) is 22.1 Å². The summed E-state index contributed by atoms with van der Waals surface area (Å²) in [5, 5.41) is 7.79. The summed E-state index contributed by atoms with van der Waals surface area (Å²) in [4.78, 5) is 0. The number of unbranched alkanes of at least 4 members (excludes halogenated alkanes) is 10. The van der Waals surface area contributed by atoms with Crippen LogP contribution in [-0.2, 0) is 5.41 Å². The highest BCUT2D eigenvalue weighted by molar-refractivity contribution is 7.26. The molecule has 14 aromatic rings. The maximum atomic E-state index is 2.66. The summed E-state index contributed by atoms with van der Waals surface area (Å²) in [7, 11) is 0. The van der Waals surface area contributed by atoms with Crippen molar-refractivity contribution in [1.82, 2.24) is 9.13 Å². The summed E-state index contributed by atoms with van der Waals surface area (Å²) in [6.07, 6.45) is 17.9. The van der Waals surface area contributed by atoms with Gasteiger partial charge >= 0.3 is 0 Å². The van der Waals surface area contributed by atoms with Crippen LogP contribution in [-0.4, -0.2) is 9.13 Å². The van der Waals surface area contributed by atoms with Crippen molar-refractivity contribution in [3.8, 4) is 67.0 Å². The van der Waals surface area contributed by atoms with Crippen LogP contribution in [0.4, 0.5) is 0 Å². The minimum Gasteiger partial charge on any atom is -0.309 e. The molecule has 0 saturated heterocycles. The van der Waals surface area contributed by atoms with Crippen LogP contribution >= 0.6 is 11.3 Å². The van der Waals surface area contributed by atoms with Gasteiger partial charge in [0.1, 0.15) is 0 Å². The van der Waals surface area contributed by atoms with Crippen molar-refractivity contribution in [2.24, 2.45) is 0 Å². The predicted molar refractivity (Wildman–Crippen MR) is 381 cm³/mol. The molecule has 1 aliphatic rings. The minimum absolute atomic E-state index is 0.0790. The van der Waals surface area contributed by atoms with E-state index in [2.05, 4.69) is 267 Å². The second kappa shape index (κ2) is 23.7. The first-order chi connectivity index (χ1) is 43.3. The van der Waals surface area contributed by atoms with Crippen molar-refractivity contribution >= 4 is 75.1 Å². The lowest BCUT2D eigenvalue weighted by molar-refractivity contribution is 0.398. The van der Waals surface area contributed by atoms with E-state index in [0.29, 0.717) is 0 Å². The van der Waals surface area contributed by atoms with Gasteiger partial charge in [0.2, 0.25) is 0 Å². The van der Waals surface area contributed by atoms with Crippen LogP contribution in [0.15, 0.2) is 231 Å². The first-order valence-corrected chi connectivity index (χ1v) is 33.7. The van der Waals surface area contributed by atoms with Crippen molar-refractivity contribution in [3.05, 3.63) is 253 Å². The predicted octanol–water partition coefficient (Wildman–Crippen LogP) is 25.3. The maximum absolute atomic E-state index is 2.66. The van der Waals surface area contributed by atoms with Crippen LogP contribution < -0.4 is 0 Å². The molecule has 0 aliphatic heterocycles. The molecular weight excluding hydrogens is 1080 g/mol. The average molecular weight is 1160 g/mol. The van der Waals surface area contributed by atoms with Crippen LogP contribution in [0.3, 0.4) is 0 Å². The lowest BCUT2D eigenvalue weighted by atomic mass is 9.70. The second-order valence-electron chi connectivity index (χ2n) is 25.6. The number of rotatable bonds is 20. The maximum Gasteiger partial charge on any atom is 0.0555 e. The summed E-state index contributed by atoms with van der Waals surface area (Å²) < 4.78 is 7.66. The van der Waals surface area contributed by atoms with Gasteiger partial charge in [-0.25, -0.2) is 0 Å². The standard InChI is InChI=1S/C85H78N2S/c1-5-7-9-11-13-22-48-85(49-23-14-12-10-8-6-2)76-55-64(61-36-34-60(35-37-61)59-32-30-57(3)31-33-59)38-42-69(76)70-43-39-65(56-77(70)85)66-50-58(4)51-68(52-66)87-80-46-41-63(54-75(80)83-81(87)47-44-73-72-27-19-21-29-82(72)88-84(73)83)62-40-45-79-74(53-62)71-26-18-20-28-78(71)86(79)67-24-16-15-17-25-67/h15-21,24-47,50-56H,5-14,22-23,48-49H2,1-4H3. The van der Waals surface area contributed by atoms with E-state index in [4.69, 9.17) is 0 Å². The Bertz CT molecular complexity index is 4880. The SMILES string of the molecule is CCCCCCCCC1(CCCCCCCC)c2cc(-c3ccc(-c4ccc(C)cc4)cc3)ccc2-c2ccc(-c3cc(C)cc(-n4c5ccc(-c6ccc7c(c6)c6ccccc6n7-c6ccccc6)cc5c5c6sc7ccccc7c6ccc54)c3)cc21. The first kappa shape index (κ1) is 55.8. The summed E-state index contributed by atoms with van der Waals surface area (Å²) in [5.74, 6) is 0. The van der Waals surface area contributed by atoms with Crippen LogP contribution in [0.5, 0.6) is 0 Å². The largest absolute Gasteiger partial charge is 0.309 e. The topological polar surface area (TPSA) is 9.86 Å². The van der Waals surface area contributed by atoms with Crippen LogP contribution in [0, 0.1) is 13.8 Å². The quantitative estimate of drug-likeness (QED) is 0.0673. The van der Waals surface area contributed by atoms with Crippen LogP contribution in [0.1, 0.15) is 126 Å². The Kier molecular flexibility index (Phi) is 15.0. The molecule has 0 bridgehead atoms. The summed E-state index contributed by atoms with van der Waals surface area (Å²) in [6, 6.07) is 88.5. The van der Waals surface area contributed by atoms with Gasteiger partial charge in [0, 0.05) is 58.5 Å². The molecule has 0 saturated carbocycles.